The molecule has 36 heavy (non-hydrogen) atoms. The van der Waals surface area contributed by atoms with Crippen LogP contribution in [-0.4, -0.2) is 42.0 Å². The van der Waals surface area contributed by atoms with E-state index in [1.807, 2.05) is 25.4 Å². The molecule has 0 amide bonds. The zero-order chi connectivity index (χ0) is 24.5. The van der Waals surface area contributed by atoms with Gasteiger partial charge in [0.2, 0.25) is 5.82 Å². The molecule has 1 aliphatic carbocycles. The van der Waals surface area contributed by atoms with Crippen LogP contribution in [0.4, 0.5) is 0 Å². The van der Waals surface area contributed by atoms with Gasteiger partial charge in [-0.1, -0.05) is 23.4 Å². The number of aryl methyl sites for hydroxylation is 2. The van der Waals surface area contributed by atoms with E-state index in [1.54, 1.807) is 23.8 Å². The summed E-state index contributed by atoms with van der Waals surface area (Å²) in [4.78, 5) is 8.78. The molecule has 10 nitrogen and oxygen atoms in total. The van der Waals surface area contributed by atoms with Crippen molar-refractivity contribution in [1.29, 1.82) is 0 Å². The second-order valence-corrected chi connectivity index (χ2v) is 9.00. The van der Waals surface area contributed by atoms with Crippen molar-refractivity contribution in [3.63, 3.8) is 0 Å². The van der Waals surface area contributed by atoms with E-state index >= 15 is 0 Å². The Morgan fingerprint density at radius 1 is 1.08 bits per heavy atom. The highest BCUT2D eigenvalue weighted by Crippen LogP contribution is 2.30. The van der Waals surface area contributed by atoms with Gasteiger partial charge in [0.05, 0.1) is 7.11 Å². The molecule has 0 bridgehead atoms. The van der Waals surface area contributed by atoms with E-state index < -0.39 is 0 Å². The van der Waals surface area contributed by atoms with Crippen LogP contribution >= 0.6 is 0 Å². The first kappa shape index (κ1) is 22.1. The normalized spacial score (nSPS) is 15.1. The molecule has 1 unspecified atom stereocenters. The molecular formula is C26H25N7O3. The highest BCUT2D eigenvalue weighted by Gasteiger charge is 2.21. The Morgan fingerprint density at radius 3 is 2.78 bits per heavy atom. The predicted molar refractivity (Wildman–Crippen MR) is 130 cm³/mol. The third-order valence-electron chi connectivity index (χ3n) is 6.47. The second kappa shape index (κ2) is 9.37. The van der Waals surface area contributed by atoms with Crippen molar-refractivity contribution in [2.45, 2.75) is 39.2 Å². The Kier molecular flexibility index (Phi) is 5.76. The maximum atomic E-state index is 6.11. The van der Waals surface area contributed by atoms with E-state index in [2.05, 4.69) is 48.6 Å². The molecule has 10 heteroatoms. The molecule has 1 atom stereocenters. The SMILES string of the molecule is COc1cc2nnc(-c3cc(C)on3)n2nc1OCc1ccc2c(c1)CCC(Cc1ncccn1)C2. The number of aromatic nitrogens is 7. The van der Waals surface area contributed by atoms with Crippen molar-refractivity contribution in [2.24, 2.45) is 5.92 Å². The Hall–Kier alpha value is -4.34. The number of benzene rings is 1. The van der Waals surface area contributed by atoms with Gasteiger partial charge in [0.25, 0.3) is 5.88 Å². The molecule has 1 aliphatic rings. The largest absolute Gasteiger partial charge is 0.491 e. The Bertz CT molecular complexity index is 1510. The molecular weight excluding hydrogens is 458 g/mol. The van der Waals surface area contributed by atoms with Gasteiger partial charge in [-0.25, -0.2) is 9.97 Å². The number of fused-ring (bicyclic) bond motifs is 2. The van der Waals surface area contributed by atoms with Crippen molar-refractivity contribution in [2.75, 3.05) is 7.11 Å². The molecule has 0 N–H and O–H groups in total. The quantitative estimate of drug-likeness (QED) is 0.341. The van der Waals surface area contributed by atoms with Gasteiger partial charge in [-0.05, 0) is 54.9 Å². The minimum absolute atomic E-state index is 0.354. The summed E-state index contributed by atoms with van der Waals surface area (Å²) < 4.78 is 18.4. The summed E-state index contributed by atoms with van der Waals surface area (Å²) in [5, 5.41) is 17.0. The summed E-state index contributed by atoms with van der Waals surface area (Å²) in [5.41, 5.74) is 4.92. The van der Waals surface area contributed by atoms with Crippen LogP contribution in [0, 0.1) is 12.8 Å². The van der Waals surface area contributed by atoms with Gasteiger partial charge in [0, 0.05) is 30.9 Å². The smallest absolute Gasteiger partial charge is 0.275 e. The molecule has 0 fully saturated rings. The summed E-state index contributed by atoms with van der Waals surface area (Å²) >= 11 is 0. The molecule has 4 heterocycles. The summed E-state index contributed by atoms with van der Waals surface area (Å²) in [6.45, 7) is 2.19. The van der Waals surface area contributed by atoms with Gasteiger partial charge in [-0.2, -0.15) is 4.52 Å². The number of nitrogens with zero attached hydrogens (tertiary/aromatic N) is 7. The van der Waals surface area contributed by atoms with Crippen LogP contribution in [0.3, 0.4) is 0 Å². The molecule has 182 valence electrons. The van der Waals surface area contributed by atoms with Crippen molar-refractivity contribution < 1.29 is 14.0 Å². The van der Waals surface area contributed by atoms with Crippen LogP contribution in [0.15, 0.2) is 53.3 Å². The van der Waals surface area contributed by atoms with Crippen LogP contribution < -0.4 is 9.47 Å². The van der Waals surface area contributed by atoms with Crippen molar-refractivity contribution in [1.82, 2.24) is 34.9 Å². The molecule has 0 aliphatic heterocycles. The first-order valence-corrected chi connectivity index (χ1v) is 11.9. The van der Waals surface area contributed by atoms with Crippen molar-refractivity contribution in [3.05, 3.63) is 77.1 Å². The first-order valence-electron chi connectivity index (χ1n) is 11.9. The average molecular weight is 484 g/mol. The molecule has 4 aromatic heterocycles. The monoisotopic (exact) mass is 483 g/mol. The summed E-state index contributed by atoms with van der Waals surface area (Å²) in [5.74, 6) is 3.48. The lowest BCUT2D eigenvalue weighted by Gasteiger charge is -2.24. The standard InChI is InChI=1S/C26H25N7O3/c1-16-10-21(32-36-16)25-30-29-24-14-22(34-2)26(31-33(24)25)35-15-18-5-7-19-11-17(4-6-20(19)12-18)13-23-27-8-3-9-28-23/h3,5,7-10,12,14,17H,4,6,11,13,15H2,1-2H3. The summed E-state index contributed by atoms with van der Waals surface area (Å²) in [6, 6.07) is 12.0. The van der Waals surface area contributed by atoms with Crippen LogP contribution in [0.1, 0.15) is 34.7 Å². The van der Waals surface area contributed by atoms with E-state index in [-0.39, 0.29) is 0 Å². The highest BCUT2D eigenvalue weighted by atomic mass is 16.5. The lowest BCUT2D eigenvalue weighted by Crippen LogP contribution is -2.18. The molecule has 0 radical (unpaired) electrons. The molecule has 0 saturated carbocycles. The van der Waals surface area contributed by atoms with Crippen LogP contribution in [0.25, 0.3) is 17.2 Å². The van der Waals surface area contributed by atoms with E-state index in [0.29, 0.717) is 47.1 Å². The van der Waals surface area contributed by atoms with E-state index in [0.717, 1.165) is 37.1 Å². The van der Waals surface area contributed by atoms with Crippen molar-refractivity contribution in [3.8, 4) is 23.1 Å². The zero-order valence-corrected chi connectivity index (χ0v) is 20.1. The van der Waals surface area contributed by atoms with Gasteiger partial charge in [0.1, 0.15) is 18.2 Å². The fourth-order valence-electron chi connectivity index (χ4n) is 4.67. The fraction of sp³-hybridized carbons (Fsp3) is 0.308. The predicted octanol–water partition coefficient (Wildman–Crippen LogP) is 3.81. The second-order valence-electron chi connectivity index (χ2n) is 9.00. The van der Waals surface area contributed by atoms with Gasteiger partial charge in [-0.15, -0.1) is 15.3 Å². The summed E-state index contributed by atoms with van der Waals surface area (Å²) in [6.07, 6.45) is 7.74. The van der Waals surface area contributed by atoms with E-state index in [4.69, 9.17) is 14.0 Å². The number of rotatable bonds is 7. The molecule has 0 spiro atoms. The summed E-state index contributed by atoms with van der Waals surface area (Å²) in [7, 11) is 1.58. The molecule has 0 saturated heterocycles. The highest BCUT2D eigenvalue weighted by molar-refractivity contribution is 5.57. The van der Waals surface area contributed by atoms with Gasteiger partial charge >= 0.3 is 0 Å². The number of hydrogen-bond donors (Lipinski definition) is 0. The van der Waals surface area contributed by atoms with Gasteiger partial charge in [-0.3, -0.25) is 0 Å². The Balaban J connectivity index is 1.18. The van der Waals surface area contributed by atoms with Crippen LogP contribution in [0.5, 0.6) is 11.6 Å². The third kappa shape index (κ3) is 4.37. The lowest BCUT2D eigenvalue weighted by atomic mass is 9.81. The Labute approximate surface area is 207 Å². The van der Waals surface area contributed by atoms with Gasteiger partial charge in [0.15, 0.2) is 17.1 Å². The third-order valence-corrected chi connectivity index (χ3v) is 6.47. The molecule has 1 aromatic carbocycles. The van der Waals surface area contributed by atoms with Gasteiger partial charge < -0.3 is 14.0 Å². The minimum Gasteiger partial charge on any atom is -0.491 e. The maximum Gasteiger partial charge on any atom is 0.275 e. The van der Waals surface area contributed by atoms with E-state index in [1.165, 1.54) is 11.1 Å². The lowest BCUT2D eigenvalue weighted by molar-refractivity contribution is 0.267. The topological polar surface area (TPSA) is 113 Å². The number of hydrogen-bond acceptors (Lipinski definition) is 9. The number of methoxy groups -OCH3 is 1. The zero-order valence-electron chi connectivity index (χ0n) is 20.1. The van der Waals surface area contributed by atoms with Crippen LogP contribution in [-0.2, 0) is 25.9 Å². The van der Waals surface area contributed by atoms with Crippen molar-refractivity contribution >= 4 is 5.65 Å². The van der Waals surface area contributed by atoms with E-state index in [9.17, 15) is 0 Å². The number of ether oxygens (including phenoxy) is 2. The maximum absolute atomic E-state index is 6.11. The Morgan fingerprint density at radius 2 is 1.97 bits per heavy atom. The molecule has 6 rings (SSSR count). The fourth-order valence-corrected chi connectivity index (χ4v) is 4.67. The molecule has 5 aromatic rings. The van der Waals surface area contributed by atoms with Crippen LogP contribution in [0.2, 0.25) is 0 Å². The minimum atomic E-state index is 0.354. The average Bonchev–Trinajstić information content (AvgIpc) is 3.52. The first-order chi connectivity index (χ1) is 17.7.